The molecule has 0 nitrogen and oxygen atoms in total. The summed E-state index contributed by atoms with van der Waals surface area (Å²) in [6.45, 7) is 2.22. The van der Waals surface area contributed by atoms with E-state index < -0.39 is 0 Å². The Labute approximate surface area is 112 Å². The highest BCUT2D eigenvalue weighted by molar-refractivity contribution is 6.42. The second-order valence-corrected chi connectivity index (χ2v) is 5.08. The molecular weight excluding hydrogens is 251 g/mol. The number of benzene rings is 2. The Bertz CT molecular complexity index is 492. The van der Waals surface area contributed by atoms with Crippen molar-refractivity contribution in [3.05, 3.63) is 69.7 Å². The normalized spacial score (nSPS) is 12.4. The van der Waals surface area contributed by atoms with E-state index >= 15 is 0 Å². The third-order valence-corrected chi connectivity index (χ3v) is 3.63. The van der Waals surface area contributed by atoms with Crippen molar-refractivity contribution in [3.8, 4) is 0 Å². The fourth-order valence-corrected chi connectivity index (χ4v) is 2.24. The average molecular weight is 265 g/mol. The molecule has 2 heteroatoms. The Kier molecular flexibility index (Phi) is 4.09. The molecular formula is C15H14Cl2. The van der Waals surface area contributed by atoms with Crippen LogP contribution in [0.1, 0.15) is 24.0 Å². The van der Waals surface area contributed by atoms with Gasteiger partial charge in [0.25, 0.3) is 0 Å². The van der Waals surface area contributed by atoms with Gasteiger partial charge in [0.1, 0.15) is 0 Å². The second kappa shape index (κ2) is 5.57. The fraction of sp³-hybridized carbons (Fsp3) is 0.200. The molecule has 0 aliphatic heterocycles. The molecule has 0 amide bonds. The van der Waals surface area contributed by atoms with Gasteiger partial charge in [0, 0.05) is 0 Å². The average Bonchev–Trinajstić information content (AvgIpc) is 2.35. The van der Waals surface area contributed by atoms with Crippen molar-refractivity contribution in [2.45, 2.75) is 19.3 Å². The number of hydrogen-bond acceptors (Lipinski definition) is 0. The highest BCUT2D eigenvalue weighted by Gasteiger charge is 2.07. The summed E-state index contributed by atoms with van der Waals surface area (Å²) in [6, 6.07) is 16.3. The minimum atomic E-state index is 0.480. The van der Waals surface area contributed by atoms with Crippen LogP contribution in [0.2, 0.25) is 10.0 Å². The molecule has 2 rings (SSSR count). The van der Waals surface area contributed by atoms with Crippen molar-refractivity contribution in [1.29, 1.82) is 0 Å². The van der Waals surface area contributed by atoms with Gasteiger partial charge in [-0.2, -0.15) is 0 Å². The largest absolute Gasteiger partial charge is 0.0827 e. The summed E-state index contributed by atoms with van der Waals surface area (Å²) in [7, 11) is 0. The van der Waals surface area contributed by atoms with Crippen LogP contribution in [0.4, 0.5) is 0 Å². The summed E-state index contributed by atoms with van der Waals surface area (Å²) in [5.41, 5.74) is 2.56. The zero-order valence-electron chi connectivity index (χ0n) is 9.66. The van der Waals surface area contributed by atoms with Crippen LogP contribution in [0.5, 0.6) is 0 Å². The molecule has 1 unspecified atom stereocenters. The lowest BCUT2D eigenvalue weighted by molar-refractivity contribution is 0.759. The smallest absolute Gasteiger partial charge is 0.0595 e. The first-order chi connectivity index (χ1) is 8.16. The Morgan fingerprint density at radius 3 is 2.29 bits per heavy atom. The van der Waals surface area contributed by atoms with Gasteiger partial charge in [-0.25, -0.2) is 0 Å². The van der Waals surface area contributed by atoms with Gasteiger partial charge in [-0.05, 0) is 35.6 Å². The summed E-state index contributed by atoms with van der Waals surface area (Å²) in [6.07, 6.45) is 0.973. The van der Waals surface area contributed by atoms with Crippen LogP contribution >= 0.6 is 23.2 Å². The lowest BCUT2D eigenvalue weighted by atomic mass is 9.94. The van der Waals surface area contributed by atoms with Crippen molar-refractivity contribution in [2.75, 3.05) is 0 Å². The minimum absolute atomic E-state index is 0.480. The predicted molar refractivity (Wildman–Crippen MR) is 75.0 cm³/mol. The first-order valence-electron chi connectivity index (χ1n) is 5.65. The van der Waals surface area contributed by atoms with Gasteiger partial charge in [-0.3, -0.25) is 0 Å². The molecule has 0 aliphatic rings. The summed E-state index contributed by atoms with van der Waals surface area (Å²) < 4.78 is 0. The van der Waals surface area contributed by atoms with Crippen molar-refractivity contribution >= 4 is 23.2 Å². The number of rotatable bonds is 3. The summed E-state index contributed by atoms with van der Waals surface area (Å²) in [5.74, 6) is 0.480. The Morgan fingerprint density at radius 2 is 1.65 bits per heavy atom. The van der Waals surface area contributed by atoms with Gasteiger partial charge in [0.2, 0.25) is 0 Å². The summed E-state index contributed by atoms with van der Waals surface area (Å²) >= 11 is 11.9. The first kappa shape index (κ1) is 12.5. The Morgan fingerprint density at radius 1 is 0.941 bits per heavy atom. The molecule has 0 heterocycles. The van der Waals surface area contributed by atoms with Crippen molar-refractivity contribution in [1.82, 2.24) is 0 Å². The molecule has 0 radical (unpaired) electrons. The molecule has 0 aliphatic carbocycles. The Hall–Kier alpha value is -0.980. The topological polar surface area (TPSA) is 0 Å². The monoisotopic (exact) mass is 264 g/mol. The van der Waals surface area contributed by atoms with Crippen LogP contribution in [0.15, 0.2) is 48.5 Å². The highest BCUT2D eigenvalue weighted by Crippen LogP contribution is 2.26. The van der Waals surface area contributed by atoms with Crippen LogP contribution in [-0.2, 0) is 6.42 Å². The third kappa shape index (κ3) is 3.24. The van der Waals surface area contributed by atoms with Crippen molar-refractivity contribution < 1.29 is 0 Å². The van der Waals surface area contributed by atoms with E-state index in [1.807, 2.05) is 24.3 Å². The number of halogens is 2. The lowest BCUT2D eigenvalue weighted by Gasteiger charge is -2.12. The van der Waals surface area contributed by atoms with Gasteiger partial charge in [-0.15, -0.1) is 0 Å². The molecule has 0 saturated heterocycles. The number of hydrogen-bond donors (Lipinski definition) is 0. The van der Waals surface area contributed by atoms with Crippen molar-refractivity contribution in [2.24, 2.45) is 0 Å². The zero-order chi connectivity index (χ0) is 12.3. The van der Waals surface area contributed by atoms with E-state index in [0.717, 1.165) is 6.42 Å². The molecule has 0 aromatic heterocycles. The predicted octanol–water partition coefficient (Wildman–Crippen LogP) is 5.34. The molecule has 2 aromatic carbocycles. The second-order valence-electron chi connectivity index (χ2n) is 4.26. The molecule has 0 spiro atoms. The van der Waals surface area contributed by atoms with Crippen LogP contribution in [-0.4, -0.2) is 0 Å². The summed E-state index contributed by atoms with van der Waals surface area (Å²) in [5, 5.41) is 1.24. The summed E-state index contributed by atoms with van der Waals surface area (Å²) in [4.78, 5) is 0. The highest BCUT2D eigenvalue weighted by atomic mass is 35.5. The van der Waals surface area contributed by atoms with Crippen LogP contribution in [0.3, 0.4) is 0 Å². The van der Waals surface area contributed by atoms with E-state index in [4.69, 9.17) is 23.2 Å². The van der Waals surface area contributed by atoms with E-state index in [1.165, 1.54) is 11.1 Å². The fourth-order valence-electron chi connectivity index (χ4n) is 1.92. The van der Waals surface area contributed by atoms with Crippen LogP contribution in [0.25, 0.3) is 0 Å². The van der Waals surface area contributed by atoms with Crippen LogP contribution in [0, 0.1) is 0 Å². The molecule has 0 saturated carbocycles. The van der Waals surface area contributed by atoms with Crippen LogP contribution < -0.4 is 0 Å². The zero-order valence-corrected chi connectivity index (χ0v) is 11.2. The van der Waals surface area contributed by atoms with Gasteiger partial charge in [0.15, 0.2) is 0 Å². The van der Waals surface area contributed by atoms with E-state index in [-0.39, 0.29) is 0 Å². The molecule has 0 fully saturated rings. The minimum Gasteiger partial charge on any atom is -0.0827 e. The molecule has 2 aromatic rings. The van der Waals surface area contributed by atoms with Crippen molar-refractivity contribution in [3.63, 3.8) is 0 Å². The van der Waals surface area contributed by atoms with E-state index in [0.29, 0.717) is 16.0 Å². The Balaban J connectivity index is 2.13. The van der Waals surface area contributed by atoms with E-state index in [1.54, 1.807) is 0 Å². The van der Waals surface area contributed by atoms with E-state index in [9.17, 15) is 0 Å². The van der Waals surface area contributed by atoms with Gasteiger partial charge < -0.3 is 0 Å². The first-order valence-corrected chi connectivity index (χ1v) is 6.41. The molecule has 17 heavy (non-hydrogen) atoms. The van der Waals surface area contributed by atoms with Gasteiger partial charge >= 0.3 is 0 Å². The maximum atomic E-state index is 6.01. The third-order valence-electron chi connectivity index (χ3n) is 2.89. The quantitative estimate of drug-likeness (QED) is 0.702. The SMILES string of the molecule is CC(Cc1ccc(Cl)c(Cl)c1)c1ccccc1. The maximum Gasteiger partial charge on any atom is 0.0595 e. The lowest BCUT2D eigenvalue weighted by Crippen LogP contribution is -1.98. The molecule has 1 atom stereocenters. The maximum absolute atomic E-state index is 6.01. The molecule has 88 valence electrons. The molecule has 0 bridgehead atoms. The molecule has 0 N–H and O–H groups in total. The van der Waals surface area contributed by atoms with Gasteiger partial charge in [0.05, 0.1) is 10.0 Å². The van der Waals surface area contributed by atoms with E-state index in [2.05, 4.69) is 31.2 Å². The standard InChI is InChI=1S/C15H14Cl2/c1-11(13-5-3-2-4-6-13)9-12-7-8-14(16)15(17)10-12/h2-8,10-11H,9H2,1H3. The van der Waals surface area contributed by atoms with Gasteiger partial charge in [-0.1, -0.05) is 66.5 Å².